The van der Waals surface area contributed by atoms with Crippen LogP contribution in [0, 0.1) is 0 Å². The van der Waals surface area contributed by atoms with E-state index in [0.29, 0.717) is 11.8 Å². The number of anilines is 3. The van der Waals surface area contributed by atoms with Crippen molar-refractivity contribution >= 4 is 17.1 Å². The van der Waals surface area contributed by atoms with Crippen molar-refractivity contribution < 1.29 is 0 Å². The summed E-state index contributed by atoms with van der Waals surface area (Å²) < 4.78 is 0. The maximum atomic E-state index is 2.54. The van der Waals surface area contributed by atoms with Crippen molar-refractivity contribution in [1.82, 2.24) is 0 Å². The van der Waals surface area contributed by atoms with Crippen LogP contribution in [-0.2, 0) is 5.41 Å². The van der Waals surface area contributed by atoms with Gasteiger partial charge in [0.25, 0.3) is 0 Å². The van der Waals surface area contributed by atoms with Crippen LogP contribution in [0.4, 0.5) is 17.1 Å². The zero-order valence-electron chi connectivity index (χ0n) is 33.6. The summed E-state index contributed by atoms with van der Waals surface area (Å²) in [7, 11) is 0. The van der Waals surface area contributed by atoms with Gasteiger partial charge in [-0.2, -0.15) is 0 Å². The number of hydrogen-bond acceptors (Lipinski definition) is 1. The Balaban J connectivity index is 1.08. The van der Waals surface area contributed by atoms with E-state index in [0.717, 1.165) is 11.4 Å². The Bertz CT molecular complexity index is 3010. The van der Waals surface area contributed by atoms with E-state index in [-0.39, 0.29) is 0 Å². The molecule has 9 aromatic rings. The van der Waals surface area contributed by atoms with Crippen LogP contribution in [0.5, 0.6) is 0 Å². The summed E-state index contributed by atoms with van der Waals surface area (Å²) in [5.41, 5.74) is 23.1. The van der Waals surface area contributed by atoms with E-state index < -0.39 is 5.41 Å². The average Bonchev–Trinajstić information content (AvgIpc) is 4.10. The Morgan fingerprint density at radius 1 is 0.367 bits per heavy atom. The van der Waals surface area contributed by atoms with Crippen LogP contribution in [0.25, 0.3) is 55.6 Å². The third kappa shape index (κ3) is 5.39. The van der Waals surface area contributed by atoms with Crippen molar-refractivity contribution in [2.75, 3.05) is 4.90 Å². The minimum absolute atomic E-state index is 0.393. The highest BCUT2D eigenvalue weighted by atomic mass is 15.1. The van der Waals surface area contributed by atoms with Gasteiger partial charge >= 0.3 is 0 Å². The second-order valence-corrected chi connectivity index (χ2v) is 16.9. The number of hydrogen-bond donors (Lipinski definition) is 0. The second-order valence-electron chi connectivity index (χ2n) is 16.9. The highest BCUT2D eigenvalue weighted by Gasteiger charge is 2.52. The molecular weight excluding hydrogens is 723 g/mol. The van der Waals surface area contributed by atoms with Crippen LogP contribution in [0.3, 0.4) is 0 Å². The highest BCUT2D eigenvalue weighted by Crippen LogP contribution is 2.67. The van der Waals surface area contributed by atoms with Crippen LogP contribution < -0.4 is 4.90 Å². The smallest absolute Gasteiger partial charge is 0.0509 e. The molecule has 284 valence electrons. The SMILES string of the molecule is CC1(c2c(N(c3ccc(-c4ccccc4)cc3)c3ccc(-c4ccc(-c5ccccc5)cc4)cc3)ccc3c2C2CC2c2ccccc2-3)c2ccccc2-c2ccccc21. The summed E-state index contributed by atoms with van der Waals surface area (Å²) in [5, 5.41) is 0. The molecule has 0 amide bonds. The van der Waals surface area contributed by atoms with Crippen LogP contribution in [-0.4, -0.2) is 0 Å². The summed E-state index contributed by atoms with van der Waals surface area (Å²) in [4.78, 5) is 2.54. The van der Waals surface area contributed by atoms with Crippen LogP contribution >= 0.6 is 0 Å². The Labute approximate surface area is 352 Å². The van der Waals surface area contributed by atoms with E-state index >= 15 is 0 Å². The molecule has 1 saturated carbocycles. The van der Waals surface area contributed by atoms with Crippen molar-refractivity contribution in [2.24, 2.45) is 0 Å². The van der Waals surface area contributed by atoms with Crippen LogP contribution in [0.15, 0.2) is 218 Å². The van der Waals surface area contributed by atoms with Gasteiger partial charge in [-0.25, -0.2) is 0 Å². The van der Waals surface area contributed by atoms with Gasteiger partial charge in [-0.1, -0.05) is 188 Å². The van der Waals surface area contributed by atoms with E-state index in [4.69, 9.17) is 0 Å². The van der Waals surface area contributed by atoms with Gasteiger partial charge in [-0.15, -0.1) is 0 Å². The van der Waals surface area contributed by atoms with Crippen LogP contribution in [0.2, 0.25) is 0 Å². The normalized spacial score (nSPS) is 16.1. The van der Waals surface area contributed by atoms with Gasteiger partial charge in [0.1, 0.15) is 0 Å². The maximum absolute atomic E-state index is 2.54. The average molecular weight is 766 g/mol. The van der Waals surface area contributed by atoms with Gasteiger partial charge in [0.05, 0.1) is 5.69 Å². The minimum atomic E-state index is -0.393. The summed E-state index contributed by atoms with van der Waals surface area (Å²) in [5.74, 6) is 1.02. The predicted octanol–water partition coefficient (Wildman–Crippen LogP) is 15.7. The third-order valence-corrected chi connectivity index (χ3v) is 13.7. The first-order valence-electron chi connectivity index (χ1n) is 21.3. The molecule has 2 unspecified atom stereocenters. The molecule has 1 fully saturated rings. The zero-order valence-corrected chi connectivity index (χ0v) is 33.6. The van der Waals surface area contributed by atoms with Gasteiger partial charge in [0, 0.05) is 16.8 Å². The summed E-state index contributed by atoms with van der Waals surface area (Å²) in [6.45, 7) is 2.51. The molecule has 0 radical (unpaired) electrons. The van der Waals surface area contributed by atoms with Gasteiger partial charge in [0.2, 0.25) is 0 Å². The number of benzene rings is 9. The first kappa shape index (κ1) is 34.8. The lowest BCUT2D eigenvalue weighted by Gasteiger charge is -2.39. The molecule has 0 aliphatic heterocycles. The van der Waals surface area contributed by atoms with Crippen molar-refractivity contribution in [2.45, 2.75) is 30.6 Å². The molecule has 1 heteroatoms. The van der Waals surface area contributed by atoms with E-state index in [1.165, 1.54) is 95.6 Å². The first-order chi connectivity index (χ1) is 29.6. The number of nitrogens with zero attached hydrogens (tertiary/aromatic N) is 1. The lowest BCUT2D eigenvalue weighted by molar-refractivity contribution is 0.699. The second kappa shape index (κ2) is 13.7. The predicted molar refractivity (Wildman–Crippen MR) is 250 cm³/mol. The summed E-state index contributed by atoms with van der Waals surface area (Å²) in [6, 6.07) is 81.1. The molecule has 0 N–H and O–H groups in total. The van der Waals surface area contributed by atoms with E-state index in [1.807, 2.05) is 0 Å². The van der Waals surface area contributed by atoms with E-state index in [1.54, 1.807) is 0 Å². The quantitative estimate of drug-likeness (QED) is 0.156. The van der Waals surface area contributed by atoms with E-state index in [9.17, 15) is 0 Å². The largest absolute Gasteiger partial charge is 0.310 e. The first-order valence-corrected chi connectivity index (χ1v) is 21.3. The molecule has 3 aliphatic rings. The van der Waals surface area contributed by atoms with Gasteiger partial charge < -0.3 is 4.90 Å². The topological polar surface area (TPSA) is 3.24 Å². The van der Waals surface area contributed by atoms with Gasteiger partial charge in [0.15, 0.2) is 0 Å². The summed E-state index contributed by atoms with van der Waals surface area (Å²) in [6.07, 6.45) is 1.18. The molecular formula is C59H43N. The fraction of sp³-hybridized carbons (Fsp3) is 0.0847. The highest BCUT2D eigenvalue weighted by molar-refractivity contribution is 5.93. The van der Waals surface area contributed by atoms with Crippen molar-refractivity contribution in [3.63, 3.8) is 0 Å². The lowest BCUT2D eigenvalue weighted by Crippen LogP contribution is -2.28. The molecule has 12 rings (SSSR count). The molecule has 0 bridgehead atoms. The number of rotatable bonds is 7. The molecule has 0 saturated heterocycles. The molecule has 0 aromatic heterocycles. The Morgan fingerprint density at radius 2 is 0.783 bits per heavy atom. The minimum Gasteiger partial charge on any atom is -0.310 e. The standard InChI is InChI=1S/C59H43N/c1-59(54-22-12-10-20-49(54)50-21-11-13-23-55(50)59)58-56(37-36-51-47-18-8-9-19-48(47)52-38-53(52)57(51)58)60(45-32-28-43(29-33-45)40-16-6-3-7-17-40)46-34-30-44(31-35-46)42-26-24-41(25-27-42)39-14-4-2-5-15-39/h2-37,52-53H,38H2,1H3. The monoisotopic (exact) mass is 765 g/mol. The molecule has 9 aromatic carbocycles. The lowest BCUT2D eigenvalue weighted by atomic mass is 9.68. The third-order valence-electron chi connectivity index (χ3n) is 13.7. The van der Waals surface area contributed by atoms with Crippen LogP contribution in [0.1, 0.15) is 53.0 Å². The maximum Gasteiger partial charge on any atom is 0.0509 e. The van der Waals surface area contributed by atoms with E-state index in [2.05, 4.69) is 230 Å². The van der Waals surface area contributed by atoms with Crippen molar-refractivity contribution in [1.29, 1.82) is 0 Å². The molecule has 3 aliphatic carbocycles. The Kier molecular flexibility index (Phi) is 7.93. The Hall–Kier alpha value is -7.22. The van der Waals surface area contributed by atoms with Crippen molar-refractivity contribution in [3.8, 4) is 55.6 Å². The fourth-order valence-electron chi connectivity index (χ4n) is 10.7. The molecule has 0 heterocycles. The molecule has 2 atom stereocenters. The zero-order chi connectivity index (χ0) is 39.8. The molecule has 0 spiro atoms. The molecule has 1 nitrogen and oxygen atoms in total. The molecule has 60 heavy (non-hydrogen) atoms. The number of fused-ring (bicyclic) bond motifs is 9. The van der Waals surface area contributed by atoms with Crippen molar-refractivity contribution in [3.05, 3.63) is 246 Å². The fourth-order valence-corrected chi connectivity index (χ4v) is 10.7. The Morgan fingerprint density at radius 3 is 1.30 bits per heavy atom. The summed E-state index contributed by atoms with van der Waals surface area (Å²) >= 11 is 0. The van der Waals surface area contributed by atoms with Gasteiger partial charge in [-0.3, -0.25) is 0 Å². The van der Waals surface area contributed by atoms with Gasteiger partial charge in [-0.05, 0) is 139 Å².